The summed E-state index contributed by atoms with van der Waals surface area (Å²) < 4.78 is 12.2. The van der Waals surface area contributed by atoms with Crippen molar-refractivity contribution >= 4 is 23.5 Å². The van der Waals surface area contributed by atoms with Gasteiger partial charge in [0.1, 0.15) is 5.82 Å². The zero-order valence-electron chi connectivity index (χ0n) is 16.2. The molecule has 2 heterocycles. The number of nitrogens with one attached hydrogen (secondary N) is 1. The zero-order chi connectivity index (χ0) is 20.4. The molecule has 28 heavy (non-hydrogen) atoms. The molecule has 0 radical (unpaired) electrons. The lowest BCUT2D eigenvalue weighted by atomic mass is 9.86. The first-order chi connectivity index (χ1) is 13.4. The molecule has 0 saturated carbocycles. The summed E-state index contributed by atoms with van der Waals surface area (Å²) in [6.45, 7) is 2.05. The number of amides is 1. The third kappa shape index (κ3) is 3.54. The van der Waals surface area contributed by atoms with E-state index >= 15 is 0 Å². The Morgan fingerprint density at radius 2 is 1.93 bits per heavy atom. The quantitative estimate of drug-likeness (QED) is 0.562. The summed E-state index contributed by atoms with van der Waals surface area (Å²) in [5, 5.41) is 13.5. The van der Waals surface area contributed by atoms with Crippen LogP contribution >= 0.6 is 11.8 Å². The van der Waals surface area contributed by atoms with Gasteiger partial charge in [0.15, 0.2) is 16.7 Å². The van der Waals surface area contributed by atoms with Gasteiger partial charge >= 0.3 is 0 Å². The van der Waals surface area contributed by atoms with E-state index in [0.717, 1.165) is 12.2 Å². The minimum Gasteiger partial charge on any atom is -0.502 e. The van der Waals surface area contributed by atoms with E-state index in [1.165, 1.54) is 26.0 Å². The van der Waals surface area contributed by atoms with Crippen molar-refractivity contribution in [2.24, 2.45) is 7.05 Å². The number of rotatable bonds is 6. The minimum absolute atomic E-state index is 0.0858. The van der Waals surface area contributed by atoms with Crippen molar-refractivity contribution in [3.05, 3.63) is 33.6 Å². The Kier molecular flexibility index (Phi) is 5.83. The highest BCUT2D eigenvalue weighted by Crippen LogP contribution is 2.43. The van der Waals surface area contributed by atoms with Gasteiger partial charge in [0, 0.05) is 25.1 Å². The van der Waals surface area contributed by atoms with Gasteiger partial charge in [-0.05, 0) is 24.1 Å². The zero-order valence-corrected chi connectivity index (χ0v) is 17.1. The van der Waals surface area contributed by atoms with E-state index in [1.807, 2.05) is 6.92 Å². The topological polar surface area (TPSA) is 103 Å². The van der Waals surface area contributed by atoms with E-state index in [4.69, 9.17) is 9.47 Å². The van der Waals surface area contributed by atoms with Crippen molar-refractivity contribution in [3.63, 3.8) is 0 Å². The molecule has 9 heteroatoms. The number of hydrogen-bond acceptors (Lipinski definition) is 7. The molecule has 1 atom stereocenters. The maximum absolute atomic E-state index is 12.9. The molecule has 0 saturated heterocycles. The Balaban J connectivity index is 2.18. The van der Waals surface area contributed by atoms with Crippen LogP contribution in [0.5, 0.6) is 17.2 Å². The highest BCUT2D eigenvalue weighted by molar-refractivity contribution is 7.99. The van der Waals surface area contributed by atoms with Crippen LogP contribution in [0.15, 0.2) is 22.1 Å². The molecular weight excluding hydrogens is 382 g/mol. The summed E-state index contributed by atoms with van der Waals surface area (Å²) in [4.78, 5) is 29.5. The minimum atomic E-state index is -0.524. The molecule has 1 aromatic heterocycles. The first-order valence-electron chi connectivity index (χ1n) is 8.89. The third-order valence-corrected chi connectivity index (χ3v) is 5.88. The van der Waals surface area contributed by atoms with Crippen LogP contribution < -0.4 is 20.3 Å². The van der Waals surface area contributed by atoms with E-state index in [2.05, 4.69) is 10.3 Å². The van der Waals surface area contributed by atoms with Crippen LogP contribution in [-0.4, -0.2) is 40.5 Å². The summed E-state index contributed by atoms with van der Waals surface area (Å²) in [6.07, 6.45) is 1.03. The molecule has 3 rings (SSSR count). The van der Waals surface area contributed by atoms with Crippen LogP contribution in [0.1, 0.15) is 36.8 Å². The lowest BCUT2D eigenvalue weighted by Crippen LogP contribution is -2.33. The molecule has 150 valence electrons. The molecular formula is C19H23N3O5S. The van der Waals surface area contributed by atoms with Gasteiger partial charge in [0.25, 0.3) is 5.56 Å². The fourth-order valence-electron chi connectivity index (χ4n) is 3.26. The van der Waals surface area contributed by atoms with Crippen LogP contribution in [-0.2, 0) is 11.8 Å². The Hall–Kier alpha value is -2.68. The Morgan fingerprint density at radius 3 is 2.50 bits per heavy atom. The maximum Gasteiger partial charge on any atom is 0.279 e. The monoisotopic (exact) mass is 405 g/mol. The number of thioether (sulfide) groups is 1. The standard InChI is InChI=1S/C19H23N3O5S/c1-5-6-28-19-21-18(25)15-11(9-14(23)20-17(15)22(19)2)10-7-12(26-3)16(24)13(8-10)27-4/h7-8,11,24H,5-6,9H2,1-4H3,(H,20,23). The summed E-state index contributed by atoms with van der Waals surface area (Å²) in [5.74, 6) is 0.837. The van der Waals surface area contributed by atoms with Gasteiger partial charge in [0.2, 0.25) is 11.7 Å². The first-order valence-corrected chi connectivity index (χ1v) is 9.88. The third-order valence-electron chi connectivity index (χ3n) is 4.64. The largest absolute Gasteiger partial charge is 0.502 e. The number of methoxy groups -OCH3 is 2. The summed E-state index contributed by atoms with van der Waals surface area (Å²) in [6, 6.07) is 3.23. The molecule has 1 amide bonds. The fourth-order valence-corrected chi connectivity index (χ4v) is 4.08. The van der Waals surface area contributed by atoms with Crippen LogP contribution in [0, 0.1) is 0 Å². The Bertz CT molecular complexity index is 948. The van der Waals surface area contributed by atoms with Crippen molar-refractivity contribution in [1.82, 2.24) is 9.55 Å². The maximum atomic E-state index is 12.9. The van der Waals surface area contributed by atoms with Gasteiger partial charge in [-0.2, -0.15) is 4.98 Å². The lowest BCUT2D eigenvalue weighted by Gasteiger charge is -2.28. The molecule has 0 fully saturated rings. The smallest absolute Gasteiger partial charge is 0.279 e. The van der Waals surface area contributed by atoms with Crippen molar-refractivity contribution in [1.29, 1.82) is 0 Å². The predicted octanol–water partition coefficient (Wildman–Crippen LogP) is 2.48. The number of aromatic nitrogens is 2. The average molecular weight is 405 g/mol. The van der Waals surface area contributed by atoms with Gasteiger partial charge in [-0.25, -0.2) is 0 Å². The number of nitrogens with zero attached hydrogens (tertiary/aromatic N) is 2. The average Bonchev–Trinajstić information content (AvgIpc) is 2.69. The van der Waals surface area contributed by atoms with Crippen LogP contribution in [0.2, 0.25) is 0 Å². The number of carbonyl (C=O) groups is 1. The molecule has 0 spiro atoms. The van der Waals surface area contributed by atoms with E-state index in [9.17, 15) is 14.7 Å². The van der Waals surface area contributed by atoms with Crippen molar-refractivity contribution < 1.29 is 19.4 Å². The molecule has 1 unspecified atom stereocenters. The van der Waals surface area contributed by atoms with Crippen molar-refractivity contribution in [2.45, 2.75) is 30.8 Å². The van der Waals surface area contributed by atoms with E-state index in [1.54, 1.807) is 23.7 Å². The number of carbonyl (C=O) groups excluding carboxylic acids is 1. The summed E-state index contributed by atoms with van der Waals surface area (Å²) in [7, 11) is 4.64. The van der Waals surface area contributed by atoms with Gasteiger partial charge in [-0.3, -0.25) is 9.59 Å². The molecule has 2 N–H and O–H groups in total. The van der Waals surface area contributed by atoms with Gasteiger partial charge in [0.05, 0.1) is 19.8 Å². The Morgan fingerprint density at radius 1 is 1.29 bits per heavy atom. The highest BCUT2D eigenvalue weighted by atomic mass is 32.2. The lowest BCUT2D eigenvalue weighted by molar-refractivity contribution is -0.116. The first kappa shape index (κ1) is 20.1. The highest BCUT2D eigenvalue weighted by Gasteiger charge is 2.33. The molecule has 1 aliphatic rings. The molecule has 2 aromatic rings. The van der Waals surface area contributed by atoms with Gasteiger partial charge < -0.3 is 24.5 Å². The molecule has 1 aliphatic heterocycles. The molecule has 1 aromatic carbocycles. The van der Waals surface area contributed by atoms with Crippen LogP contribution in [0.4, 0.5) is 5.82 Å². The SMILES string of the molecule is CCCSc1nc(=O)c2c(n1C)NC(=O)CC2c1cc(OC)c(O)c(OC)c1. The van der Waals surface area contributed by atoms with E-state index < -0.39 is 5.92 Å². The second-order valence-corrected chi connectivity index (χ2v) is 7.51. The van der Waals surface area contributed by atoms with Crippen molar-refractivity contribution in [2.75, 3.05) is 25.3 Å². The molecule has 0 bridgehead atoms. The second-order valence-electron chi connectivity index (χ2n) is 6.45. The number of aromatic hydroxyl groups is 1. The second kappa shape index (κ2) is 8.14. The number of phenolic OH excluding ortho intramolecular Hbond substituents is 1. The number of phenols is 1. The number of fused-ring (bicyclic) bond motifs is 1. The predicted molar refractivity (Wildman–Crippen MR) is 107 cm³/mol. The van der Waals surface area contributed by atoms with Gasteiger partial charge in [-0.1, -0.05) is 18.7 Å². The normalized spacial score (nSPS) is 15.7. The van der Waals surface area contributed by atoms with E-state index in [-0.39, 0.29) is 35.1 Å². The fraction of sp³-hybridized carbons (Fsp3) is 0.421. The van der Waals surface area contributed by atoms with Crippen LogP contribution in [0.3, 0.4) is 0 Å². The molecule has 8 nitrogen and oxygen atoms in total. The number of benzene rings is 1. The number of ether oxygens (including phenoxy) is 2. The number of anilines is 1. The molecule has 0 aliphatic carbocycles. The van der Waals surface area contributed by atoms with Gasteiger partial charge in [-0.15, -0.1) is 0 Å². The Labute approximate surface area is 166 Å². The van der Waals surface area contributed by atoms with Crippen molar-refractivity contribution in [3.8, 4) is 17.2 Å². The van der Waals surface area contributed by atoms with E-state index in [0.29, 0.717) is 22.1 Å². The summed E-state index contributed by atoms with van der Waals surface area (Å²) >= 11 is 1.47. The number of hydrogen-bond donors (Lipinski definition) is 2. The van der Waals surface area contributed by atoms with Crippen LogP contribution in [0.25, 0.3) is 0 Å². The summed E-state index contributed by atoms with van der Waals surface area (Å²) in [5.41, 5.74) is 0.677.